The number of para-hydroxylation sites is 3. The Morgan fingerprint density at radius 3 is 2.48 bits per heavy atom. The maximum atomic E-state index is 13.9. The van der Waals surface area contributed by atoms with Crippen molar-refractivity contribution in [2.24, 2.45) is 0 Å². The van der Waals surface area contributed by atoms with Gasteiger partial charge in [0.2, 0.25) is 0 Å². The number of aromatic nitrogens is 2. The number of aryl methyl sites for hydroxylation is 1. The molecule has 1 aliphatic rings. The van der Waals surface area contributed by atoms with Crippen molar-refractivity contribution >= 4 is 16.7 Å². The summed E-state index contributed by atoms with van der Waals surface area (Å²) in [5.74, 6) is -0.158. The molecule has 2 heterocycles. The van der Waals surface area contributed by atoms with Crippen molar-refractivity contribution in [1.82, 2.24) is 14.5 Å². The van der Waals surface area contributed by atoms with Crippen LogP contribution in [0.4, 0.5) is 10.1 Å². The Balaban J connectivity index is 1.33. The van der Waals surface area contributed by atoms with Crippen LogP contribution in [-0.4, -0.2) is 47.2 Å². The van der Waals surface area contributed by atoms with Gasteiger partial charge < -0.3 is 9.47 Å². The topological polar surface area (TPSA) is 41.4 Å². The average Bonchev–Trinajstić information content (AvgIpc) is 2.71. The lowest BCUT2D eigenvalue weighted by molar-refractivity contribution is 0.250. The highest BCUT2D eigenvalue weighted by Crippen LogP contribution is 2.20. The second kappa shape index (κ2) is 7.88. The van der Waals surface area contributed by atoms with E-state index >= 15 is 0 Å². The maximum Gasteiger partial charge on any atom is 0.269 e. The fraction of sp³-hybridized carbons (Fsp3) is 0.333. The molecule has 4 rings (SSSR count). The molecule has 27 heavy (non-hydrogen) atoms. The van der Waals surface area contributed by atoms with Gasteiger partial charge in [0.05, 0.1) is 22.9 Å². The molecule has 0 N–H and O–H groups in total. The van der Waals surface area contributed by atoms with Crippen LogP contribution in [-0.2, 0) is 6.54 Å². The van der Waals surface area contributed by atoms with Gasteiger partial charge in [-0.05, 0) is 37.2 Å². The molecule has 140 valence electrons. The number of halogens is 1. The minimum atomic E-state index is -0.158. The molecule has 1 aliphatic heterocycles. The smallest absolute Gasteiger partial charge is 0.269 e. The fourth-order valence-electron chi connectivity index (χ4n) is 3.72. The minimum Gasteiger partial charge on any atom is -0.367 e. The SMILES string of the molecule is O=c1cnc2ccccc2n1CCCN1CCN(c2ccccc2F)CC1. The molecule has 3 aromatic rings. The second-order valence-electron chi connectivity index (χ2n) is 6.87. The monoisotopic (exact) mass is 366 g/mol. The van der Waals surface area contributed by atoms with E-state index < -0.39 is 0 Å². The van der Waals surface area contributed by atoms with Gasteiger partial charge in [0, 0.05) is 32.7 Å². The lowest BCUT2D eigenvalue weighted by atomic mass is 10.2. The Hall–Kier alpha value is -2.73. The number of anilines is 1. The van der Waals surface area contributed by atoms with Crippen molar-refractivity contribution in [2.75, 3.05) is 37.6 Å². The van der Waals surface area contributed by atoms with Crippen LogP contribution in [0.3, 0.4) is 0 Å². The third-order valence-corrected chi connectivity index (χ3v) is 5.17. The van der Waals surface area contributed by atoms with E-state index in [0.29, 0.717) is 12.2 Å². The Bertz CT molecular complexity index is 979. The summed E-state index contributed by atoms with van der Waals surface area (Å²) < 4.78 is 15.7. The summed E-state index contributed by atoms with van der Waals surface area (Å²) in [7, 11) is 0. The van der Waals surface area contributed by atoms with Crippen molar-refractivity contribution in [1.29, 1.82) is 0 Å². The number of hydrogen-bond acceptors (Lipinski definition) is 4. The van der Waals surface area contributed by atoms with Gasteiger partial charge in [0.25, 0.3) is 5.56 Å². The third kappa shape index (κ3) is 3.85. The summed E-state index contributed by atoms with van der Waals surface area (Å²) in [5.41, 5.74) is 2.36. The molecule has 0 bridgehead atoms. The van der Waals surface area contributed by atoms with Gasteiger partial charge in [-0.2, -0.15) is 0 Å². The standard InChI is InChI=1S/C21H23FN4O/c22-17-6-1-3-8-19(17)25-14-12-24(13-15-25)10-5-11-26-20-9-4-2-7-18(20)23-16-21(26)27/h1-4,6-9,16H,5,10-15H2. The highest BCUT2D eigenvalue weighted by Gasteiger charge is 2.18. The van der Waals surface area contributed by atoms with Crippen molar-refractivity contribution in [3.05, 3.63) is 70.9 Å². The number of nitrogens with zero attached hydrogens (tertiary/aromatic N) is 4. The van der Waals surface area contributed by atoms with Crippen LogP contribution in [0.5, 0.6) is 0 Å². The Kier molecular flexibility index (Phi) is 5.16. The van der Waals surface area contributed by atoms with Crippen molar-refractivity contribution < 1.29 is 4.39 Å². The molecule has 1 fully saturated rings. The summed E-state index contributed by atoms with van der Waals surface area (Å²) in [4.78, 5) is 20.9. The van der Waals surface area contributed by atoms with E-state index in [-0.39, 0.29) is 11.4 Å². The van der Waals surface area contributed by atoms with Gasteiger partial charge in [-0.25, -0.2) is 9.37 Å². The molecule has 0 spiro atoms. The van der Waals surface area contributed by atoms with Gasteiger partial charge in [-0.3, -0.25) is 9.69 Å². The van der Waals surface area contributed by atoms with Gasteiger partial charge >= 0.3 is 0 Å². The van der Waals surface area contributed by atoms with Gasteiger partial charge in [-0.1, -0.05) is 24.3 Å². The third-order valence-electron chi connectivity index (χ3n) is 5.17. The highest BCUT2D eigenvalue weighted by atomic mass is 19.1. The lowest BCUT2D eigenvalue weighted by Crippen LogP contribution is -2.47. The van der Waals surface area contributed by atoms with E-state index in [1.54, 1.807) is 10.6 Å². The Labute approximate surface area is 157 Å². The zero-order chi connectivity index (χ0) is 18.6. The van der Waals surface area contributed by atoms with Crippen molar-refractivity contribution in [2.45, 2.75) is 13.0 Å². The van der Waals surface area contributed by atoms with Gasteiger partial charge in [-0.15, -0.1) is 0 Å². The molecule has 5 nitrogen and oxygen atoms in total. The van der Waals surface area contributed by atoms with Gasteiger partial charge in [0.1, 0.15) is 5.82 Å². The number of fused-ring (bicyclic) bond motifs is 1. The predicted molar refractivity (Wildman–Crippen MR) is 106 cm³/mol. The van der Waals surface area contributed by atoms with E-state index in [1.807, 2.05) is 36.4 Å². The first kappa shape index (κ1) is 17.7. The molecule has 1 aromatic heterocycles. The average molecular weight is 366 g/mol. The quantitative estimate of drug-likeness (QED) is 0.696. The van der Waals surface area contributed by atoms with Crippen LogP contribution >= 0.6 is 0 Å². The summed E-state index contributed by atoms with van der Waals surface area (Å²) in [6.45, 7) is 5.04. The van der Waals surface area contributed by atoms with Crippen LogP contribution in [0.25, 0.3) is 11.0 Å². The molecule has 0 saturated carbocycles. The molecule has 0 unspecified atom stereocenters. The number of benzene rings is 2. The first-order chi connectivity index (χ1) is 13.2. The molecule has 0 radical (unpaired) electrons. The molecular formula is C21H23FN4O. The molecule has 1 saturated heterocycles. The summed E-state index contributed by atoms with van der Waals surface area (Å²) >= 11 is 0. The molecule has 0 atom stereocenters. The van der Waals surface area contributed by atoms with Crippen LogP contribution in [0.15, 0.2) is 59.5 Å². The summed E-state index contributed by atoms with van der Waals surface area (Å²) in [5, 5.41) is 0. The molecular weight excluding hydrogens is 343 g/mol. The van der Waals surface area contributed by atoms with Crippen molar-refractivity contribution in [3.63, 3.8) is 0 Å². The number of hydrogen-bond donors (Lipinski definition) is 0. The number of rotatable bonds is 5. The summed E-state index contributed by atoms with van der Waals surface area (Å²) in [6.07, 6.45) is 2.29. The fourth-order valence-corrected chi connectivity index (χ4v) is 3.72. The molecule has 0 aliphatic carbocycles. The molecule has 0 amide bonds. The number of piperazine rings is 1. The maximum absolute atomic E-state index is 13.9. The predicted octanol–water partition coefficient (Wildman–Crippen LogP) is 2.75. The first-order valence-corrected chi connectivity index (χ1v) is 9.39. The van der Waals surface area contributed by atoms with Crippen LogP contribution in [0.1, 0.15) is 6.42 Å². The van der Waals surface area contributed by atoms with E-state index in [9.17, 15) is 9.18 Å². The molecule has 6 heteroatoms. The minimum absolute atomic E-state index is 0.0573. The van der Waals surface area contributed by atoms with Crippen LogP contribution in [0.2, 0.25) is 0 Å². The van der Waals surface area contributed by atoms with Crippen LogP contribution < -0.4 is 10.5 Å². The highest BCUT2D eigenvalue weighted by molar-refractivity contribution is 5.74. The van der Waals surface area contributed by atoms with E-state index in [0.717, 1.165) is 50.2 Å². The van der Waals surface area contributed by atoms with E-state index in [1.165, 1.54) is 12.3 Å². The lowest BCUT2D eigenvalue weighted by Gasteiger charge is -2.36. The first-order valence-electron chi connectivity index (χ1n) is 9.39. The zero-order valence-electron chi connectivity index (χ0n) is 15.2. The molecule has 2 aromatic carbocycles. The zero-order valence-corrected chi connectivity index (χ0v) is 15.2. The van der Waals surface area contributed by atoms with Crippen LogP contribution in [0, 0.1) is 5.82 Å². The van der Waals surface area contributed by atoms with E-state index in [4.69, 9.17) is 0 Å². The summed E-state index contributed by atoms with van der Waals surface area (Å²) in [6, 6.07) is 14.7. The van der Waals surface area contributed by atoms with E-state index in [2.05, 4.69) is 14.8 Å². The normalized spacial score (nSPS) is 15.4. The van der Waals surface area contributed by atoms with Crippen molar-refractivity contribution in [3.8, 4) is 0 Å². The Morgan fingerprint density at radius 1 is 0.926 bits per heavy atom. The largest absolute Gasteiger partial charge is 0.367 e. The second-order valence-corrected chi connectivity index (χ2v) is 6.87. The van der Waals surface area contributed by atoms with Gasteiger partial charge in [0.15, 0.2) is 0 Å². The Morgan fingerprint density at radius 2 is 1.67 bits per heavy atom.